The van der Waals surface area contributed by atoms with Crippen LogP contribution in [-0.2, 0) is 15.1 Å². The van der Waals surface area contributed by atoms with Crippen molar-refractivity contribution in [3.63, 3.8) is 0 Å². The van der Waals surface area contributed by atoms with Crippen LogP contribution in [0.1, 0.15) is 24.1 Å². The zero-order valence-electron chi connectivity index (χ0n) is 18.4. The van der Waals surface area contributed by atoms with Gasteiger partial charge < -0.3 is 10.1 Å². The number of fused-ring (bicyclic) bond motifs is 1. The third-order valence-electron chi connectivity index (χ3n) is 6.27. The fourth-order valence-electron chi connectivity index (χ4n) is 4.52. The number of ether oxygens (including phenoxy) is 1. The number of carbonyl (C=O) groups excluding carboxylic acids is 3. The van der Waals surface area contributed by atoms with Gasteiger partial charge in [-0.05, 0) is 30.7 Å². The van der Waals surface area contributed by atoms with Gasteiger partial charge in [0.1, 0.15) is 24.4 Å². The number of nitrogens with zero attached hydrogens (tertiary/aromatic N) is 2. The maximum absolute atomic E-state index is 13.7. The summed E-state index contributed by atoms with van der Waals surface area (Å²) in [5.74, 6) is -0.352. The summed E-state index contributed by atoms with van der Waals surface area (Å²) in [5, 5.41) is 3.07. The highest BCUT2D eigenvalue weighted by atomic mass is 35.5. The number of carbonyl (C=O) groups is 3. The first-order valence-electron chi connectivity index (χ1n) is 10.9. The molecule has 3 aromatic rings. The van der Waals surface area contributed by atoms with Crippen molar-refractivity contribution in [2.24, 2.45) is 0 Å². The molecule has 2 atom stereocenters. The summed E-state index contributed by atoms with van der Waals surface area (Å²) < 4.78 is 5.92. The van der Waals surface area contributed by atoms with Crippen molar-refractivity contribution < 1.29 is 19.1 Å². The molecule has 34 heavy (non-hydrogen) atoms. The number of anilines is 1. The lowest BCUT2D eigenvalue weighted by atomic mass is 9.92. The standard InChI is InChI=1S/C26H22ClN3O4/c1-26(18-11-5-6-12-19(18)27)24(32)29(25(33)28-26)15-23(31)30-20-13-7-8-14-22(20)34-16-21(30)17-9-3-2-4-10-17/h2-14,21H,15-16H2,1H3,(H,28,33). The Morgan fingerprint density at radius 3 is 2.47 bits per heavy atom. The quantitative estimate of drug-likeness (QED) is 0.571. The molecule has 7 nitrogen and oxygen atoms in total. The van der Waals surface area contributed by atoms with Gasteiger partial charge in [-0.25, -0.2) is 4.79 Å². The lowest BCUT2D eigenvalue weighted by Gasteiger charge is -2.37. The van der Waals surface area contributed by atoms with Crippen LogP contribution < -0.4 is 15.0 Å². The summed E-state index contributed by atoms with van der Waals surface area (Å²) in [6.45, 7) is 1.43. The van der Waals surface area contributed by atoms with Crippen LogP contribution in [0.15, 0.2) is 78.9 Å². The highest BCUT2D eigenvalue weighted by Gasteiger charge is 2.51. The van der Waals surface area contributed by atoms with Crippen LogP contribution in [-0.4, -0.2) is 35.9 Å². The van der Waals surface area contributed by atoms with Crippen LogP contribution in [0.3, 0.4) is 0 Å². The Bertz CT molecular complexity index is 1280. The van der Waals surface area contributed by atoms with Gasteiger partial charge in [-0.3, -0.25) is 19.4 Å². The normalized spacial score (nSPS) is 21.6. The molecule has 0 aromatic heterocycles. The molecule has 0 saturated carbocycles. The van der Waals surface area contributed by atoms with E-state index >= 15 is 0 Å². The number of rotatable bonds is 4. The van der Waals surface area contributed by atoms with Crippen molar-refractivity contribution in [1.82, 2.24) is 10.2 Å². The molecular formula is C26H22ClN3O4. The summed E-state index contributed by atoms with van der Waals surface area (Å²) in [6, 6.07) is 22.6. The summed E-state index contributed by atoms with van der Waals surface area (Å²) in [4.78, 5) is 42.5. The van der Waals surface area contributed by atoms with E-state index in [1.54, 1.807) is 48.2 Å². The zero-order chi connectivity index (χ0) is 23.9. The number of urea groups is 1. The molecular weight excluding hydrogens is 454 g/mol. The first-order valence-corrected chi connectivity index (χ1v) is 11.3. The molecule has 172 valence electrons. The third kappa shape index (κ3) is 3.58. The second-order valence-electron chi connectivity index (χ2n) is 8.40. The van der Waals surface area contributed by atoms with E-state index in [0.717, 1.165) is 10.5 Å². The van der Waals surface area contributed by atoms with Crippen LogP contribution in [0.25, 0.3) is 0 Å². The molecule has 2 heterocycles. The van der Waals surface area contributed by atoms with Gasteiger partial charge in [-0.1, -0.05) is 72.3 Å². The average Bonchev–Trinajstić information content (AvgIpc) is 3.07. The molecule has 2 unspecified atom stereocenters. The van der Waals surface area contributed by atoms with Crippen molar-refractivity contribution in [2.45, 2.75) is 18.5 Å². The van der Waals surface area contributed by atoms with E-state index in [1.807, 2.05) is 42.5 Å². The van der Waals surface area contributed by atoms with Gasteiger partial charge in [0, 0.05) is 10.6 Å². The van der Waals surface area contributed by atoms with E-state index in [9.17, 15) is 14.4 Å². The SMILES string of the molecule is CC1(c2ccccc2Cl)NC(=O)N(CC(=O)N2c3ccccc3OCC2c2ccccc2)C1=O. The van der Waals surface area contributed by atoms with Crippen LogP contribution in [0.5, 0.6) is 5.75 Å². The van der Waals surface area contributed by atoms with E-state index in [0.29, 0.717) is 22.0 Å². The Labute approximate surface area is 201 Å². The van der Waals surface area contributed by atoms with Gasteiger partial charge in [-0.15, -0.1) is 0 Å². The lowest BCUT2D eigenvalue weighted by molar-refractivity contribution is -0.134. The lowest BCUT2D eigenvalue weighted by Crippen LogP contribution is -2.48. The second kappa shape index (κ2) is 8.50. The number of hydrogen-bond acceptors (Lipinski definition) is 4. The van der Waals surface area contributed by atoms with E-state index in [4.69, 9.17) is 16.3 Å². The first-order chi connectivity index (χ1) is 16.4. The molecule has 2 aliphatic rings. The van der Waals surface area contributed by atoms with E-state index < -0.39 is 36.0 Å². The van der Waals surface area contributed by atoms with Crippen molar-refractivity contribution in [3.8, 4) is 5.75 Å². The minimum Gasteiger partial charge on any atom is -0.489 e. The molecule has 0 spiro atoms. The number of para-hydroxylation sites is 2. The first kappa shape index (κ1) is 22.0. The van der Waals surface area contributed by atoms with Crippen LogP contribution >= 0.6 is 11.6 Å². The summed E-state index contributed by atoms with van der Waals surface area (Å²) >= 11 is 6.31. The molecule has 2 aliphatic heterocycles. The maximum Gasteiger partial charge on any atom is 0.325 e. The van der Waals surface area contributed by atoms with Crippen molar-refractivity contribution in [2.75, 3.05) is 18.1 Å². The Morgan fingerprint density at radius 2 is 1.71 bits per heavy atom. The summed E-state index contributed by atoms with van der Waals surface area (Å²) in [7, 11) is 0. The van der Waals surface area contributed by atoms with Gasteiger partial charge in [0.15, 0.2) is 0 Å². The fourth-order valence-corrected chi connectivity index (χ4v) is 4.84. The Hall–Kier alpha value is -3.84. The smallest absolute Gasteiger partial charge is 0.325 e. The molecule has 0 radical (unpaired) electrons. The number of halogens is 1. The number of benzene rings is 3. The summed E-state index contributed by atoms with van der Waals surface area (Å²) in [5.41, 5.74) is 0.595. The Morgan fingerprint density at radius 1 is 1.03 bits per heavy atom. The predicted octanol–water partition coefficient (Wildman–Crippen LogP) is 4.27. The molecule has 0 aliphatic carbocycles. The van der Waals surface area contributed by atoms with Crippen molar-refractivity contribution in [1.29, 1.82) is 0 Å². The molecule has 8 heteroatoms. The Balaban J connectivity index is 1.47. The third-order valence-corrected chi connectivity index (χ3v) is 6.60. The second-order valence-corrected chi connectivity index (χ2v) is 8.80. The number of imide groups is 1. The highest BCUT2D eigenvalue weighted by molar-refractivity contribution is 6.32. The monoisotopic (exact) mass is 475 g/mol. The van der Waals surface area contributed by atoms with Gasteiger partial charge in [0.2, 0.25) is 5.91 Å². The van der Waals surface area contributed by atoms with Crippen molar-refractivity contribution in [3.05, 3.63) is 95.0 Å². The van der Waals surface area contributed by atoms with E-state index in [2.05, 4.69) is 5.32 Å². The van der Waals surface area contributed by atoms with Gasteiger partial charge in [-0.2, -0.15) is 0 Å². The molecule has 4 amide bonds. The predicted molar refractivity (Wildman–Crippen MR) is 128 cm³/mol. The summed E-state index contributed by atoms with van der Waals surface area (Å²) in [6.07, 6.45) is 0. The molecule has 1 fully saturated rings. The molecule has 0 bridgehead atoms. The average molecular weight is 476 g/mol. The molecule has 1 saturated heterocycles. The van der Waals surface area contributed by atoms with E-state index in [1.165, 1.54) is 0 Å². The van der Waals surface area contributed by atoms with Crippen molar-refractivity contribution >= 4 is 35.1 Å². The number of hydrogen-bond donors (Lipinski definition) is 1. The number of nitrogens with one attached hydrogen (secondary N) is 1. The minimum absolute atomic E-state index is 0.254. The molecule has 3 aromatic carbocycles. The van der Waals surface area contributed by atoms with Gasteiger partial charge in [0.25, 0.3) is 5.91 Å². The van der Waals surface area contributed by atoms with E-state index in [-0.39, 0.29) is 6.61 Å². The highest BCUT2D eigenvalue weighted by Crippen LogP contribution is 2.40. The van der Waals surface area contributed by atoms with Crippen LogP contribution in [0.2, 0.25) is 5.02 Å². The van der Waals surface area contributed by atoms with Crippen LogP contribution in [0.4, 0.5) is 10.5 Å². The minimum atomic E-state index is -1.36. The van der Waals surface area contributed by atoms with Gasteiger partial charge in [0.05, 0.1) is 11.7 Å². The zero-order valence-corrected chi connectivity index (χ0v) is 19.2. The molecule has 5 rings (SSSR count). The largest absolute Gasteiger partial charge is 0.489 e. The van der Waals surface area contributed by atoms with Gasteiger partial charge >= 0.3 is 6.03 Å². The van der Waals surface area contributed by atoms with Crippen LogP contribution in [0, 0.1) is 0 Å². The topological polar surface area (TPSA) is 79.0 Å². The number of amides is 4. The fraction of sp³-hybridized carbons (Fsp3) is 0.192. The maximum atomic E-state index is 13.7. The Kier molecular flexibility index (Phi) is 5.49. The molecule has 1 N–H and O–H groups in total.